The standard InChI is InChI=1S/C47H30N2O2/c1-3-11-31(12-4-1)33-19-23-36(24-20-33)49(37-25-21-34(22-26-37)32-13-5-2-6-14-32)38-27-28-42-40(30-38)45-44(50-42)29-35-15-7-8-16-39(35)46(45)47-48-41-17-9-10-18-43(41)51-47/h1-30H/i1D,3D,4D,9D,10D,11D,12D,17D,18D. The molecule has 8 aromatic carbocycles. The molecule has 0 aliphatic rings. The van der Waals surface area contributed by atoms with E-state index in [1.54, 1.807) is 12.1 Å². The lowest BCUT2D eigenvalue weighted by molar-refractivity contribution is 0.621. The molecule has 2 heterocycles. The molecule has 51 heavy (non-hydrogen) atoms. The molecule has 0 spiro atoms. The van der Waals surface area contributed by atoms with Gasteiger partial charge in [-0.2, -0.15) is 0 Å². The number of furan rings is 1. The van der Waals surface area contributed by atoms with Gasteiger partial charge in [0, 0.05) is 27.8 Å². The number of benzene rings is 8. The number of para-hydroxylation sites is 2. The summed E-state index contributed by atoms with van der Waals surface area (Å²) in [4.78, 5) is 6.75. The van der Waals surface area contributed by atoms with Gasteiger partial charge in [0.05, 0.1) is 17.9 Å². The first-order valence-corrected chi connectivity index (χ1v) is 16.4. The molecular weight excluding hydrogens is 625 g/mol. The van der Waals surface area contributed by atoms with Crippen LogP contribution >= 0.6 is 0 Å². The molecule has 10 rings (SSSR count). The van der Waals surface area contributed by atoms with Crippen LogP contribution in [-0.4, -0.2) is 4.98 Å². The van der Waals surface area contributed by atoms with Crippen molar-refractivity contribution in [3.05, 3.63) is 182 Å². The minimum Gasteiger partial charge on any atom is -0.456 e. The molecule has 0 fully saturated rings. The molecule has 0 atom stereocenters. The van der Waals surface area contributed by atoms with Gasteiger partial charge in [-0.1, -0.05) is 121 Å². The van der Waals surface area contributed by atoms with Gasteiger partial charge in [0.15, 0.2) is 5.58 Å². The number of rotatable bonds is 6. The Labute approximate surface area is 307 Å². The molecule has 0 unspecified atom stereocenters. The van der Waals surface area contributed by atoms with E-state index < -0.39 is 30.2 Å². The lowest BCUT2D eigenvalue weighted by Crippen LogP contribution is -2.09. The van der Waals surface area contributed by atoms with Gasteiger partial charge in [-0.15, -0.1) is 0 Å². The Balaban J connectivity index is 1.19. The van der Waals surface area contributed by atoms with Gasteiger partial charge < -0.3 is 13.7 Å². The van der Waals surface area contributed by atoms with E-state index in [2.05, 4.69) is 9.88 Å². The fourth-order valence-corrected chi connectivity index (χ4v) is 6.78. The van der Waals surface area contributed by atoms with Gasteiger partial charge in [0.2, 0.25) is 5.89 Å². The Bertz CT molecular complexity index is 3290. The van der Waals surface area contributed by atoms with Crippen LogP contribution in [0.2, 0.25) is 0 Å². The van der Waals surface area contributed by atoms with Gasteiger partial charge in [-0.3, -0.25) is 0 Å². The van der Waals surface area contributed by atoms with Crippen molar-refractivity contribution in [3.63, 3.8) is 0 Å². The van der Waals surface area contributed by atoms with E-state index in [1.807, 2.05) is 115 Å². The third-order valence-electron chi connectivity index (χ3n) is 9.13. The average molecular weight is 664 g/mol. The monoisotopic (exact) mass is 663 g/mol. The van der Waals surface area contributed by atoms with Crippen LogP contribution < -0.4 is 4.90 Å². The van der Waals surface area contributed by atoms with Crippen LogP contribution in [0.5, 0.6) is 0 Å². The van der Waals surface area contributed by atoms with E-state index in [9.17, 15) is 0 Å². The van der Waals surface area contributed by atoms with Gasteiger partial charge >= 0.3 is 0 Å². The first kappa shape index (κ1) is 21.2. The molecule has 0 amide bonds. The molecule has 0 N–H and O–H groups in total. The van der Waals surface area contributed by atoms with Crippen molar-refractivity contribution in [2.75, 3.05) is 4.90 Å². The van der Waals surface area contributed by atoms with Crippen molar-refractivity contribution in [3.8, 4) is 33.7 Å². The topological polar surface area (TPSA) is 42.4 Å². The normalized spacial score (nSPS) is 14.0. The number of anilines is 3. The second-order valence-electron chi connectivity index (χ2n) is 12.1. The second kappa shape index (κ2) is 11.9. The number of aromatic nitrogens is 1. The van der Waals surface area contributed by atoms with Crippen LogP contribution in [0.1, 0.15) is 12.3 Å². The van der Waals surface area contributed by atoms with Crippen molar-refractivity contribution >= 4 is 60.9 Å². The van der Waals surface area contributed by atoms with E-state index in [0.29, 0.717) is 27.7 Å². The Morgan fingerprint density at radius 1 is 0.471 bits per heavy atom. The molecule has 2 aromatic heterocycles. The highest BCUT2D eigenvalue weighted by Gasteiger charge is 2.22. The van der Waals surface area contributed by atoms with Crippen LogP contribution in [0.4, 0.5) is 17.1 Å². The lowest BCUT2D eigenvalue weighted by atomic mass is 9.98. The molecule has 4 nitrogen and oxygen atoms in total. The van der Waals surface area contributed by atoms with Crippen LogP contribution in [0.25, 0.3) is 77.5 Å². The van der Waals surface area contributed by atoms with Crippen LogP contribution in [-0.2, 0) is 0 Å². The summed E-state index contributed by atoms with van der Waals surface area (Å²) in [5.74, 6) is 0.128. The summed E-state index contributed by atoms with van der Waals surface area (Å²) in [5, 5.41) is 3.05. The van der Waals surface area contributed by atoms with Crippen LogP contribution in [0.15, 0.2) is 191 Å². The predicted octanol–water partition coefficient (Wildman–Crippen LogP) is 13.4. The largest absolute Gasteiger partial charge is 0.456 e. The van der Waals surface area contributed by atoms with Crippen molar-refractivity contribution < 1.29 is 21.2 Å². The number of oxazole rings is 1. The maximum absolute atomic E-state index is 8.56. The zero-order chi connectivity index (χ0) is 41.6. The van der Waals surface area contributed by atoms with Crippen LogP contribution in [0.3, 0.4) is 0 Å². The molecule has 0 bridgehead atoms. The number of hydrogen-bond acceptors (Lipinski definition) is 4. The number of hydrogen-bond donors (Lipinski definition) is 0. The first-order valence-electron chi connectivity index (χ1n) is 20.9. The highest BCUT2D eigenvalue weighted by Crippen LogP contribution is 2.45. The minimum atomic E-state index is -0.448. The number of nitrogens with zero attached hydrogens (tertiary/aromatic N) is 2. The first-order chi connectivity index (χ1) is 29.0. The van der Waals surface area contributed by atoms with Crippen molar-refractivity contribution in [2.45, 2.75) is 0 Å². The maximum Gasteiger partial charge on any atom is 0.228 e. The fraction of sp³-hybridized carbons (Fsp3) is 0. The zero-order valence-electron chi connectivity index (χ0n) is 35.8. The molecule has 0 aliphatic heterocycles. The van der Waals surface area contributed by atoms with E-state index in [1.165, 1.54) is 0 Å². The summed E-state index contributed by atoms with van der Waals surface area (Å²) in [6.07, 6.45) is 0. The molecule has 0 saturated heterocycles. The van der Waals surface area contributed by atoms with Gasteiger partial charge in [0.25, 0.3) is 0 Å². The summed E-state index contributed by atoms with van der Waals surface area (Å²) in [7, 11) is 0. The average Bonchev–Trinajstić information content (AvgIpc) is 3.89. The van der Waals surface area contributed by atoms with Gasteiger partial charge in [-0.25, -0.2) is 4.98 Å². The quantitative estimate of drug-likeness (QED) is 0.178. The summed E-state index contributed by atoms with van der Waals surface area (Å²) in [6, 6.07) is 37.7. The molecule has 10 aromatic rings. The van der Waals surface area contributed by atoms with E-state index in [-0.39, 0.29) is 46.7 Å². The molecular formula is C47H30N2O2. The Hall–Kier alpha value is -6.91. The zero-order valence-corrected chi connectivity index (χ0v) is 26.8. The van der Waals surface area contributed by atoms with E-state index in [4.69, 9.17) is 21.2 Å². The Kier molecular flexibility index (Phi) is 4.96. The summed E-state index contributed by atoms with van der Waals surface area (Å²) < 4.78 is 88.0. The molecule has 0 radical (unpaired) electrons. The maximum atomic E-state index is 8.56. The smallest absolute Gasteiger partial charge is 0.228 e. The predicted molar refractivity (Wildman–Crippen MR) is 210 cm³/mol. The molecule has 0 saturated carbocycles. The fourth-order valence-electron chi connectivity index (χ4n) is 6.78. The molecule has 240 valence electrons. The van der Waals surface area contributed by atoms with Crippen molar-refractivity contribution in [2.24, 2.45) is 0 Å². The van der Waals surface area contributed by atoms with Gasteiger partial charge in [0.1, 0.15) is 16.7 Å². The third kappa shape index (κ3) is 5.04. The van der Waals surface area contributed by atoms with E-state index >= 15 is 0 Å². The van der Waals surface area contributed by atoms with Crippen molar-refractivity contribution in [1.29, 1.82) is 0 Å². The number of fused-ring (bicyclic) bond motifs is 5. The lowest BCUT2D eigenvalue weighted by Gasteiger charge is -2.26. The minimum absolute atomic E-state index is 0.0303. The summed E-state index contributed by atoms with van der Waals surface area (Å²) >= 11 is 0. The summed E-state index contributed by atoms with van der Waals surface area (Å²) in [6.45, 7) is 0. The molecule has 4 heteroatoms. The SMILES string of the molecule is [2H]c1c([2H])c([2H])c(-c2ccc(N(c3ccc(-c4ccccc4)cc3)c3ccc4oc5cc6ccccc6c(-c6nc7c([2H])c([2H])c([2H])c([2H])c7o6)c5c4c3)cc2)c([2H])c1[2H]. The van der Waals surface area contributed by atoms with Crippen molar-refractivity contribution in [1.82, 2.24) is 4.98 Å². The highest BCUT2D eigenvalue weighted by molar-refractivity contribution is 6.20. The Morgan fingerprint density at radius 3 is 1.90 bits per heavy atom. The highest BCUT2D eigenvalue weighted by atomic mass is 16.3. The van der Waals surface area contributed by atoms with Gasteiger partial charge in [-0.05, 0) is 93.6 Å². The Morgan fingerprint density at radius 2 is 1.12 bits per heavy atom. The second-order valence-corrected chi connectivity index (χ2v) is 12.1. The third-order valence-corrected chi connectivity index (χ3v) is 9.13. The van der Waals surface area contributed by atoms with E-state index in [0.717, 1.165) is 44.3 Å². The summed E-state index contributed by atoms with van der Waals surface area (Å²) in [5.41, 5.74) is 6.71. The molecule has 0 aliphatic carbocycles. The van der Waals surface area contributed by atoms with Crippen LogP contribution in [0, 0.1) is 0 Å².